The summed E-state index contributed by atoms with van der Waals surface area (Å²) < 4.78 is 11.3. The van der Waals surface area contributed by atoms with Gasteiger partial charge in [0.25, 0.3) is 0 Å². The van der Waals surface area contributed by atoms with Gasteiger partial charge in [-0.1, -0.05) is 26.0 Å². The number of nitrogens with one attached hydrogen (secondary N) is 2. The molecule has 28 heavy (non-hydrogen) atoms. The van der Waals surface area contributed by atoms with Crippen LogP contribution in [-0.4, -0.2) is 62.5 Å². The second-order valence-electron chi connectivity index (χ2n) is 6.99. The molecule has 6 heteroatoms. The van der Waals surface area contributed by atoms with E-state index >= 15 is 0 Å². The van der Waals surface area contributed by atoms with Gasteiger partial charge in [-0.2, -0.15) is 0 Å². The molecule has 160 valence electrons. The maximum Gasteiger partial charge on any atom is 0.227 e. The summed E-state index contributed by atoms with van der Waals surface area (Å²) in [5.41, 5.74) is 1.12. The summed E-state index contributed by atoms with van der Waals surface area (Å²) in [6.45, 7) is 8.65. The number of thioether (sulfide) groups is 1. The molecule has 1 heterocycles. The predicted molar refractivity (Wildman–Crippen MR) is 119 cm³/mol. The summed E-state index contributed by atoms with van der Waals surface area (Å²) in [6, 6.07) is 8.78. The fraction of sp³-hybridized carbons (Fsp3) is 0.682. The topological polar surface area (TPSA) is 44.4 Å². The van der Waals surface area contributed by atoms with Gasteiger partial charge in [0, 0.05) is 17.5 Å². The smallest absolute Gasteiger partial charge is 0.227 e. The number of hydrogen-bond donors (Lipinski definition) is 2. The fourth-order valence-electron chi connectivity index (χ4n) is 3.26. The molecule has 2 rings (SSSR count). The van der Waals surface area contributed by atoms with E-state index in [4.69, 9.17) is 0 Å². The molecule has 0 saturated carbocycles. The monoisotopic (exact) mass is 411 g/mol. The molecule has 4 nitrogen and oxygen atoms in total. The van der Waals surface area contributed by atoms with Gasteiger partial charge < -0.3 is 15.5 Å². The van der Waals surface area contributed by atoms with Gasteiger partial charge in [0.05, 0.1) is 13.1 Å². The van der Waals surface area contributed by atoms with Crippen molar-refractivity contribution in [3.8, 4) is 0 Å². The Hall–Kier alpha value is -1.11. The van der Waals surface area contributed by atoms with Gasteiger partial charge in [0.1, 0.15) is 0 Å². The van der Waals surface area contributed by atoms with Crippen molar-refractivity contribution in [1.82, 2.24) is 15.5 Å². The molecule has 1 fully saturated rings. The average Bonchev–Trinajstić information content (AvgIpc) is 2.74. The van der Waals surface area contributed by atoms with E-state index in [1.807, 2.05) is 6.92 Å². The Kier molecular flexibility index (Phi) is 14.0. The minimum atomic E-state index is -0.201. The Morgan fingerprint density at radius 3 is 2.46 bits per heavy atom. The van der Waals surface area contributed by atoms with Crippen LogP contribution in [0.3, 0.4) is 0 Å². The highest BCUT2D eigenvalue weighted by atomic mass is 32.2. The fourth-order valence-corrected chi connectivity index (χ4v) is 3.67. The van der Waals surface area contributed by atoms with Gasteiger partial charge in [-0.3, -0.25) is 9.18 Å². The molecular weight excluding hydrogens is 373 g/mol. The third-order valence-electron chi connectivity index (χ3n) is 4.79. The Morgan fingerprint density at radius 2 is 1.93 bits per heavy atom. The number of rotatable bonds is 10. The number of hydrogen-bond acceptors (Lipinski definition) is 4. The van der Waals surface area contributed by atoms with Crippen LogP contribution in [0.5, 0.6) is 0 Å². The first-order chi connectivity index (χ1) is 13.7. The zero-order valence-electron chi connectivity index (χ0n) is 17.8. The van der Waals surface area contributed by atoms with Crippen molar-refractivity contribution in [2.45, 2.75) is 56.9 Å². The molecule has 1 amide bonds. The number of carbonyl (C=O) groups is 1. The largest absolute Gasteiger partial charge is 0.339 e. The Labute approximate surface area is 175 Å². The number of piperidine rings is 1. The van der Waals surface area contributed by atoms with Crippen LogP contribution in [0.25, 0.3) is 0 Å². The Bertz CT molecular complexity index is 517. The van der Waals surface area contributed by atoms with Gasteiger partial charge in [0.15, 0.2) is 0 Å². The highest BCUT2D eigenvalue weighted by molar-refractivity contribution is 7.98. The SMILES string of the molecule is CCCN(C(=O)Cc1ccc(SC)cc1)C1CCNCC1.CCNCCCF. The van der Waals surface area contributed by atoms with Crippen LogP contribution in [-0.2, 0) is 11.2 Å². The predicted octanol–water partition coefficient (Wildman–Crippen LogP) is 3.90. The molecule has 0 aromatic heterocycles. The summed E-state index contributed by atoms with van der Waals surface area (Å²) in [4.78, 5) is 16.0. The van der Waals surface area contributed by atoms with E-state index in [0.717, 1.165) is 57.5 Å². The molecule has 0 spiro atoms. The highest BCUT2D eigenvalue weighted by Crippen LogP contribution is 2.17. The van der Waals surface area contributed by atoms with E-state index in [0.29, 0.717) is 18.9 Å². The van der Waals surface area contributed by atoms with E-state index in [2.05, 4.69) is 53.0 Å². The molecule has 0 unspecified atom stereocenters. The molecule has 0 bridgehead atoms. The second kappa shape index (κ2) is 15.8. The van der Waals surface area contributed by atoms with Crippen molar-refractivity contribution in [3.05, 3.63) is 29.8 Å². The molecule has 1 aliphatic heterocycles. The molecule has 0 atom stereocenters. The molecular formula is C22H38FN3OS. The lowest BCUT2D eigenvalue weighted by molar-refractivity contribution is -0.133. The summed E-state index contributed by atoms with van der Waals surface area (Å²) >= 11 is 1.73. The van der Waals surface area contributed by atoms with Crippen LogP contribution in [0.1, 0.15) is 45.1 Å². The van der Waals surface area contributed by atoms with Gasteiger partial charge in [-0.25, -0.2) is 0 Å². The van der Waals surface area contributed by atoms with E-state index in [9.17, 15) is 9.18 Å². The second-order valence-corrected chi connectivity index (χ2v) is 7.87. The van der Waals surface area contributed by atoms with Gasteiger partial charge in [0.2, 0.25) is 5.91 Å². The lowest BCUT2D eigenvalue weighted by atomic mass is 10.0. The number of benzene rings is 1. The first-order valence-corrected chi connectivity index (χ1v) is 11.8. The average molecular weight is 412 g/mol. The zero-order valence-corrected chi connectivity index (χ0v) is 18.6. The van der Waals surface area contributed by atoms with Crippen molar-refractivity contribution in [3.63, 3.8) is 0 Å². The van der Waals surface area contributed by atoms with Crippen LogP contribution in [0, 0.1) is 0 Å². The molecule has 1 aromatic rings. The van der Waals surface area contributed by atoms with Crippen LogP contribution in [0.2, 0.25) is 0 Å². The van der Waals surface area contributed by atoms with Crippen molar-refractivity contribution < 1.29 is 9.18 Å². The summed E-state index contributed by atoms with van der Waals surface area (Å²) in [5.74, 6) is 0.278. The summed E-state index contributed by atoms with van der Waals surface area (Å²) in [7, 11) is 0. The number of nitrogens with zero attached hydrogens (tertiary/aromatic N) is 1. The van der Waals surface area contributed by atoms with E-state index < -0.39 is 0 Å². The number of amides is 1. The van der Waals surface area contributed by atoms with Gasteiger partial charge in [-0.05, 0) is 75.8 Å². The summed E-state index contributed by atoms with van der Waals surface area (Å²) in [5, 5.41) is 6.38. The normalized spacial score (nSPS) is 14.3. The number of halogens is 1. The van der Waals surface area contributed by atoms with Crippen LogP contribution in [0.4, 0.5) is 4.39 Å². The van der Waals surface area contributed by atoms with E-state index in [-0.39, 0.29) is 12.6 Å². The quantitative estimate of drug-likeness (QED) is 0.453. The molecule has 1 aliphatic rings. The van der Waals surface area contributed by atoms with Crippen molar-refractivity contribution in [2.75, 3.05) is 45.7 Å². The number of carbonyl (C=O) groups excluding carboxylic acids is 1. The third-order valence-corrected chi connectivity index (χ3v) is 5.53. The van der Waals surface area contributed by atoms with Gasteiger partial charge >= 0.3 is 0 Å². The van der Waals surface area contributed by atoms with E-state index in [1.54, 1.807) is 11.8 Å². The summed E-state index contributed by atoms with van der Waals surface area (Å²) in [6.07, 6.45) is 6.43. The van der Waals surface area contributed by atoms with Gasteiger partial charge in [-0.15, -0.1) is 11.8 Å². The van der Waals surface area contributed by atoms with E-state index in [1.165, 1.54) is 4.90 Å². The highest BCUT2D eigenvalue weighted by Gasteiger charge is 2.24. The van der Waals surface area contributed by atoms with Crippen molar-refractivity contribution >= 4 is 17.7 Å². The molecule has 2 N–H and O–H groups in total. The minimum Gasteiger partial charge on any atom is -0.339 e. The molecule has 0 aliphatic carbocycles. The maximum absolute atomic E-state index is 12.7. The lowest BCUT2D eigenvalue weighted by Gasteiger charge is -2.34. The zero-order chi connectivity index (χ0) is 20.6. The molecule has 0 radical (unpaired) electrons. The Morgan fingerprint density at radius 1 is 1.25 bits per heavy atom. The standard InChI is InChI=1S/C17H26N2OS.C5H12FN/c1-3-12-19(15-8-10-18-11-9-15)17(20)13-14-4-6-16(21-2)7-5-14;1-2-7-5-3-4-6/h4-7,15,18H,3,8-13H2,1-2H3;7H,2-5H2,1H3. The lowest BCUT2D eigenvalue weighted by Crippen LogP contribution is -2.47. The molecule has 1 saturated heterocycles. The third kappa shape index (κ3) is 9.89. The first-order valence-electron chi connectivity index (χ1n) is 10.6. The number of alkyl halides is 1. The molecule has 1 aromatic carbocycles. The van der Waals surface area contributed by atoms with Crippen molar-refractivity contribution in [2.24, 2.45) is 0 Å². The first kappa shape index (κ1) is 24.9. The van der Waals surface area contributed by atoms with Crippen LogP contribution >= 0.6 is 11.8 Å². The maximum atomic E-state index is 12.7. The Balaban J connectivity index is 0.000000480. The van der Waals surface area contributed by atoms with Crippen molar-refractivity contribution in [1.29, 1.82) is 0 Å². The van der Waals surface area contributed by atoms with Crippen LogP contribution in [0.15, 0.2) is 29.2 Å². The minimum absolute atomic E-state index is 0.201. The van der Waals surface area contributed by atoms with Crippen LogP contribution < -0.4 is 10.6 Å².